The Morgan fingerprint density at radius 2 is 1.77 bits per heavy atom. The van der Waals surface area contributed by atoms with Gasteiger partial charge in [0.15, 0.2) is 0 Å². The van der Waals surface area contributed by atoms with Crippen molar-refractivity contribution in [2.75, 3.05) is 30.7 Å². The number of nitrogens with one attached hydrogen (secondary N) is 1. The van der Waals surface area contributed by atoms with Crippen LogP contribution in [0, 0.1) is 11.6 Å². The van der Waals surface area contributed by atoms with Gasteiger partial charge in [0.25, 0.3) is 10.0 Å². The first kappa shape index (κ1) is 29.5. The quantitative estimate of drug-likeness (QED) is 0.263. The number of fused-ring (bicyclic) bond motifs is 1. The van der Waals surface area contributed by atoms with Crippen LogP contribution in [0.25, 0.3) is 22.2 Å². The van der Waals surface area contributed by atoms with Crippen LogP contribution in [0.1, 0.15) is 57.1 Å². The molecule has 3 heterocycles. The number of hydrogen-bond donors (Lipinski definition) is 2. The zero-order chi connectivity index (χ0) is 30.5. The van der Waals surface area contributed by atoms with Gasteiger partial charge < -0.3 is 10.5 Å². The van der Waals surface area contributed by atoms with Crippen molar-refractivity contribution in [3.63, 3.8) is 0 Å². The van der Waals surface area contributed by atoms with Gasteiger partial charge in [0.05, 0.1) is 35.8 Å². The number of rotatable bonds is 8. The molecule has 3 N–H and O–H groups in total. The summed E-state index contributed by atoms with van der Waals surface area (Å²) in [5, 5.41) is 5.53. The van der Waals surface area contributed by atoms with E-state index in [1.54, 1.807) is 6.07 Å². The maximum atomic E-state index is 15.4. The lowest BCUT2D eigenvalue weighted by Crippen LogP contribution is -2.52. The highest BCUT2D eigenvalue weighted by Crippen LogP contribution is 2.42. The van der Waals surface area contributed by atoms with Crippen molar-refractivity contribution in [1.82, 2.24) is 19.7 Å². The number of ether oxygens (including phenoxy) is 1. The lowest BCUT2D eigenvalue weighted by Gasteiger charge is -2.42. The molecular weight excluding hydrogens is 574 g/mol. The molecule has 1 saturated heterocycles. The molecule has 1 aliphatic heterocycles. The van der Waals surface area contributed by atoms with E-state index in [9.17, 15) is 12.8 Å². The highest BCUT2D eigenvalue weighted by molar-refractivity contribution is 7.92. The first-order valence-electron chi connectivity index (χ1n) is 14.6. The van der Waals surface area contributed by atoms with Crippen LogP contribution >= 0.6 is 0 Å². The second kappa shape index (κ2) is 11.5. The van der Waals surface area contributed by atoms with Crippen LogP contribution in [-0.2, 0) is 14.8 Å². The lowest BCUT2D eigenvalue weighted by molar-refractivity contribution is -0.0738. The standard InChI is InChI=1S/C31H36F2N6O3S/c1-18(2)39-30-23(19-8-11-21(12-9-19)38(3)22-16-42-17-22)15-35-31(34)28(30)29(36-39)20-10-13-26(25(33)14-20)37-43(40,41)27-7-5-4-6-24(27)32/h4-7,10,13-15,18-19,21-22,37H,8-9,11-12,16-17H2,1-3H3,(H2,34,35)/t19-,21-. The van der Waals surface area contributed by atoms with Crippen LogP contribution in [-0.4, -0.2) is 60.4 Å². The van der Waals surface area contributed by atoms with E-state index in [4.69, 9.17) is 15.6 Å². The van der Waals surface area contributed by atoms with Crippen molar-refractivity contribution >= 4 is 32.4 Å². The third kappa shape index (κ3) is 5.47. The SMILES string of the molecule is CC(C)n1nc(-c2ccc(NS(=O)(=O)c3ccccc3F)c(F)c2)c2c(N)ncc([C@H]3CC[C@H](N(C)C4COC4)CC3)c21. The molecule has 2 aromatic heterocycles. The number of benzene rings is 2. The van der Waals surface area contributed by atoms with Crippen LogP contribution < -0.4 is 10.5 Å². The van der Waals surface area contributed by atoms with Gasteiger partial charge in [-0.2, -0.15) is 5.10 Å². The van der Waals surface area contributed by atoms with Crippen molar-refractivity contribution in [2.24, 2.45) is 0 Å². The van der Waals surface area contributed by atoms with E-state index in [0.29, 0.717) is 34.5 Å². The molecule has 0 radical (unpaired) electrons. The Bertz CT molecular complexity index is 1760. The molecule has 0 unspecified atom stereocenters. The van der Waals surface area contributed by atoms with Gasteiger partial charge in [-0.1, -0.05) is 18.2 Å². The summed E-state index contributed by atoms with van der Waals surface area (Å²) < 4.78 is 64.5. The molecule has 0 bridgehead atoms. The minimum Gasteiger partial charge on any atom is -0.383 e. The predicted octanol–water partition coefficient (Wildman–Crippen LogP) is 5.70. The maximum absolute atomic E-state index is 15.4. The fourth-order valence-electron chi connectivity index (χ4n) is 6.25. The molecule has 2 fully saturated rings. The Morgan fingerprint density at radius 3 is 2.40 bits per heavy atom. The number of halogens is 2. The smallest absolute Gasteiger partial charge is 0.264 e. The van der Waals surface area contributed by atoms with Crippen molar-refractivity contribution in [3.8, 4) is 11.3 Å². The summed E-state index contributed by atoms with van der Waals surface area (Å²) in [6, 6.07) is 10.0. The van der Waals surface area contributed by atoms with Gasteiger partial charge in [0.1, 0.15) is 28.0 Å². The normalized spacial score (nSPS) is 19.7. The van der Waals surface area contributed by atoms with Crippen LogP contribution in [0.15, 0.2) is 53.6 Å². The minimum absolute atomic E-state index is 0.00501. The summed E-state index contributed by atoms with van der Waals surface area (Å²) in [6.07, 6.45) is 6.02. The van der Waals surface area contributed by atoms with Crippen LogP contribution in [0.4, 0.5) is 20.3 Å². The van der Waals surface area contributed by atoms with Crippen LogP contribution in [0.5, 0.6) is 0 Å². The van der Waals surface area contributed by atoms with E-state index >= 15 is 4.39 Å². The van der Waals surface area contributed by atoms with Gasteiger partial charge in [-0.15, -0.1) is 0 Å². The van der Waals surface area contributed by atoms with E-state index in [-0.39, 0.29) is 17.6 Å². The van der Waals surface area contributed by atoms with E-state index in [2.05, 4.69) is 21.7 Å². The van der Waals surface area contributed by atoms with E-state index in [1.807, 2.05) is 24.7 Å². The predicted molar refractivity (Wildman–Crippen MR) is 162 cm³/mol. The zero-order valence-corrected chi connectivity index (χ0v) is 25.2. The number of pyridine rings is 1. The van der Waals surface area contributed by atoms with Gasteiger partial charge in [-0.05, 0) is 82.3 Å². The molecule has 0 atom stereocenters. The Labute approximate surface area is 250 Å². The molecule has 0 spiro atoms. The van der Waals surface area contributed by atoms with E-state index in [0.717, 1.165) is 62.1 Å². The molecule has 1 aliphatic carbocycles. The molecule has 228 valence electrons. The molecule has 43 heavy (non-hydrogen) atoms. The Morgan fingerprint density at radius 1 is 1.05 bits per heavy atom. The largest absolute Gasteiger partial charge is 0.383 e. The molecule has 0 amide bonds. The van der Waals surface area contributed by atoms with Gasteiger partial charge in [-0.25, -0.2) is 22.2 Å². The van der Waals surface area contributed by atoms with Gasteiger partial charge in [0, 0.05) is 23.8 Å². The summed E-state index contributed by atoms with van der Waals surface area (Å²) in [7, 11) is -2.16. The summed E-state index contributed by atoms with van der Waals surface area (Å²) in [4.78, 5) is 6.45. The highest BCUT2D eigenvalue weighted by atomic mass is 32.2. The fraction of sp³-hybridized carbons (Fsp3) is 0.419. The van der Waals surface area contributed by atoms with Gasteiger partial charge in [-0.3, -0.25) is 14.3 Å². The molecule has 2 aromatic carbocycles. The molecule has 4 aromatic rings. The molecular formula is C31H36F2N6O3S. The van der Waals surface area contributed by atoms with Crippen LogP contribution in [0.3, 0.4) is 0 Å². The average Bonchev–Trinajstić information content (AvgIpc) is 3.36. The Hall–Kier alpha value is -3.61. The monoisotopic (exact) mass is 610 g/mol. The van der Waals surface area contributed by atoms with Crippen molar-refractivity contribution in [3.05, 3.63) is 65.9 Å². The molecule has 2 aliphatic rings. The summed E-state index contributed by atoms with van der Waals surface area (Å²) in [5.74, 6) is -1.17. The maximum Gasteiger partial charge on any atom is 0.264 e. The van der Waals surface area contributed by atoms with Gasteiger partial charge >= 0.3 is 0 Å². The third-order valence-electron chi connectivity index (χ3n) is 8.79. The fourth-order valence-corrected chi connectivity index (χ4v) is 7.40. The van der Waals surface area contributed by atoms with E-state index < -0.39 is 26.6 Å². The first-order chi connectivity index (χ1) is 20.5. The molecule has 9 nitrogen and oxygen atoms in total. The number of sulfonamides is 1. The number of nitrogens with zero attached hydrogens (tertiary/aromatic N) is 4. The van der Waals surface area contributed by atoms with Gasteiger partial charge in [0.2, 0.25) is 0 Å². The number of nitrogen functional groups attached to an aromatic ring is 1. The third-order valence-corrected chi connectivity index (χ3v) is 10.2. The topological polar surface area (TPSA) is 115 Å². The molecule has 12 heteroatoms. The Balaban J connectivity index is 1.33. The number of aromatic nitrogens is 3. The summed E-state index contributed by atoms with van der Waals surface area (Å²) in [6.45, 7) is 5.66. The highest BCUT2D eigenvalue weighted by Gasteiger charge is 2.33. The summed E-state index contributed by atoms with van der Waals surface area (Å²) in [5.41, 5.74) is 9.02. The number of hydrogen-bond acceptors (Lipinski definition) is 7. The average molecular weight is 611 g/mol. The lowest BCUT2D eigenvalue weighted by atomic mass is 9.80. The minimum atomic E-state index is -4.35. The van der Waals surface area contributed by atoms with Crippen molar-refractivity contribution in [1.29, 1.82) is 0 Å². The second-order valence-corrected chi connectivity index (χ2v) is 13.5. The second-order valence-electron chi connectivity index (χ2n) is 11.8. The molecule has 1 saturated carbocycles. The number of anilines is 2. The number of likely N-dealkylation sites (N-methyl/N-ethyl adjacent to an activating group) is 1. The molecule has 6 rings (SSSR count). The van der Waals surface area contributed by atoms with Crippen molar-refractivity contribution < 1.29 is 21.9 Å². The number of nitrogens with two attached hydrogens (primary N) is 1. The first-order valence-corrected chi connectivity index (χ1v) is 16.1. The Kier molecular flexibility index (Phi) is 7.86. The van der Waals surface area contributed by atoms with E-state index in [1.165, 1.54) is 24.3 Å². The van der Waals surface area contributed by atoms with Crippen molar-refractivity contribution in [2.45, 2.75) is 68.5 Å². The van der Waals surface area contributed by atoms with Crippen LogP contribution in [0.2, 0.25) is 0 Å². The summed E-state index contributed by atoms with van der Waals surface area (Å²) >= 11 is 0. The zero-order valence-electron chi connectivity index (χ0n) is 24.4.